The lowest BCUT2D eigenvalue weighted by atomic mass is 9.95. The van der Waals surface area contributed by atoms with Crippen LogP contribution in [-0.4, -0.2) is 17.5 Å². The van der Waals surface area contributed by atoms with Crippen LogP contribution in [-0.2, 0) is 0 Å². The first kappa shape index (κ1) is 19.7. The van der Waals surface area contributed by atoms with Gasteiger partial charge in [0.1, 0.15) is 5.75 Å². The predicted octanol–water partition coefficient (Wildman–Crippen LogP) is 6.54. The van der Waals surface area contributed by atoms with Crippen LogP contribution >= 0.6 is 15.9 Å². The second-order valence-corrected chi connectivity index (χ2v) is 9.60. The molecule has 3 aliphatic heterocycles. The summed E-state index contributed by atoms with van der Waals surface area (Å²) in [5, 5.41) is 7.17. The molecule has 0 spiro atoms. The summed E-state index contributed by atoms with van der Waals surface area (Å²) in [7, 11) is 0. The van der Waals surface area contributed by atoms with Crippen molar-refractivity contribution in [1.82, 2.24) is 5.01 Å². The minimum atomic E-state index is -0.276. The molecule has 32 heavy (non-hydrogen) atoms. The van der Waals surface area contributed by atoms with E-state index in [1.807, 2.05) is 24.3 Å². The highest BCUT2D eigenvalue weighted by Crippen LogP contribution is 2.48. The van der Waals surface area contributed by atoms with Crippen molar-refractivity contribution in [2.45, 2.75) is 38.5 Å². The van der Waals surface area contributed by atoms with Crippen LogP contribution in [0.15, 0.2) is 70.2 Å². The van der Waals surface area contributed by atoms with E-state index in [0.717, 1.165) is 50.5 Å². The molecule has 162 valence electrons. The number of fused-ring (bicyclic) bond motifs is 4. The third-order valence-corrected chi connectivity index (χ3v) is 6.84. The van der Waals surface area contributed by atoms with Crippen molar-refractivity contribution in [2.24, 2.45) is 5.10 Å². The number of halogens is 1. The zero-order valence-corrected chi connectivity index (χ0v) is 19.5. The average molecular weight is 491 g/mol. The van der Waals surface area contributed by atoms with Gasteiger partial charge in [-0.25, -0.2) is 5.01 Å². The van der Waals surface area contributed by atoms with Crippen LogP contribution in [0, 0.1) is 0 Å². The second-order valence-electron chi connectivity index (χ2n) is 8.69. The highest BCUT2D eigenvalue weighted by Gasteiger charge is 2.41. The number of ether oxygens (including phenoxy) is 3. The Morgan fingerprint density at radius 3 is 2.53 bits per heavy atom. The second kappa shape index (κ2) is 7.55. The number of rotatable bonds is 3. The van der Waals surface area contributed by atoms with Crippen LogP contribution in [0.1, 0.15) is 60.7 Å². The number of hydrogen-bond acceptors (Lipinski definition) is 5. The SMILES string of the molecule is CC(C)c1ccc([C@H]2Oc3ccc(Br)cc3[C@@H]3CC(c4ccc5c(c4)OCO5)=NN23)cc1. The van der Waals surface area contributed by atoms with Gasteiger partial charge in [-0.15, -0.1) is 0 Å². The molecule has 3 aromatic rings. The Hall–Kier alpha value is -2.99. The molecule has 0 amide bonds. The van der Waals surface area contributed by atoms with Gasteiger partial charge in [-0.2, -0.15) is 5.10 Å². The number of nitrogens with zero attached hydrogens (tertiary/aromatic N) is 2. The summed E-state index contributed by atoms with van der Waals surface area (Å²) in [6.45, 7) is 4.68. The third kappa shape index (κ3) is 3.25. The van der Waals surface area contributed by atoms with Gasteiger partial charge in [0.2, 0.25) is 13.0 Å². The summed E-state index contributed by atoms with van der Waals surface area (Å²) in [5.74, 6) is 2.96. The van der Waals surface area contributed by atoms with Gasteiger partial charge in [-0.3, -0.25) is 0 Å². The molecule has 0 unspecified atom stereocenters. The van der Waals surface area contributed by atoms with E-state index >= 15 is 0 Å². The molecule has 3 aliphatic rings. The van der Waals surface area contributed by atoms with E-state index in [1.165, 1.54) is 5.56 Å². The Kier molecular flexibility index (Phi) is 4.65. The van der Waals surface area contributed by atoms with Crippen LogP contribution in [0.5, 0.6) is 17.2 Å². The molecule has 0 radical (unpaired) electrons. The first-order chi connectivity index (χ1) is 15.6. The zero-order valence-electron chi connectivity index (χ0n) is 17.9. The van der Waals surface area contributed by atoms with E-state index in [2.05, 4.69) is 71.2 Å². The van der Waals surface area contributed by atoms with Crippen LogP contribution in [0.2, 0.25) is 0 Å². The fourth-order valence-corrected chi connectivity index (χ4v) is 4.95. The summed E-state index contributed by atoms with van der Waals surface area (Å²) in [5.41, 5.74) is 5.64. The number of benzene rings is 3. The molecule has 5 nitrogen and oxygen atoms in total. The Morgan fingerprint density at radius 2 is 1.72 bits per heavy atom. The topological polar surface area (TPSA) is 43.3 Å². The predicted molar refractivity (Wildman–Crippen MR) is 126 cm³/mol. The van der Waals surface area contributed by atoms with E-state index in [4.69, 9.17) is 19.3 Å². The Bertz CT molecular complexity index is 1220. The minimum Gasteiger partial charge on any atom is -0.464 e. The highest BCUT2D eigenvalue weighted by atomic mass is 79.9. The maximum Gasteiger partial charge on any atom is 0.231 e. The van der Waals surface area contributed by atoms with Crippen LogP contribution in [0.4, 0.5) is 0 Å². The summed E-state index contributed by atoms with van der Waals surface area (Å²) < 4.78 is 18.6. The largest absolute Gasteiger partial charge is 0.464 e. The number of hydrogen-bond donors (Lipinski definition) is 0. The molecule has 0 N–H and O–H groups in total. The molecule has 0 aromatic heterocycles. The van der Waals surface area contributed by atoms with E-state index in [0.29, 0.717) is 5.92 Å². The molecule has 0 fully saturated rings. The van der Waals surface area contributed by atoms with Crippen molar-refractivity contribution < 1.29 is 14.2 Å². The molecule has 6 heteroatoms. The van der Waals surface area contributed by atoms with Gasteiger partial charge in [0.05, 0.1) is 11.8 Å². The van der Waals surface area contributed by atoms with Crippen molar-refractivity contribution in [2.75, 3.05) is 6.79 Å². The molecule has 6 rings (SSSR count). The van der Waals surface area contributed by atoms with Gasteiger partial charge in [0.25, 0.3) is 0 Å². The van der Waals surface area contributed by atoms with Crippen molar-refractivity contribution in [3.05, 3.63) is 87.4 Å². The maximum atomic E-state index is 6.50. The molecular weight excluding hydrogens is 468 g/mol. The molecule has 0 bridgehead atoms. The van der Waals surface area contributed by atoms with Gasteiger partial charge in [0, 0.05) is 27.6 Å². The van der Waals surface area contributed by atoms with Crippen molar-refractivity contribution in [1.29, 1.82) is 0 Å². The van der Waals surface area contributed by atoms with Crippen molar-refractivity contribution in [3.63, 3.8) is 0 Å². The first-order valence-electron chi connectivity index (χ1n) is 10.9. The summed E-state index contributed by atoms with van der Waals surface area (Å²) in [6.07, 6.45) is 0.522. The fraction of sp³-hybridized carbons (Fsp3) is 0.269. The summed E-state index contributed by atoms with van der Waals surface area (Å²) >= 11 is 3.62. The molecule has 3 heterocycles. The fourth-order valence-electron chi connectivity index (χ4n) is 4.57. The molecule has 3 aromatic carbocycles. The molecule has 2 atom stereocenters. The van der Waals surface area contributed by atoms with Crippen molar-refractivity contribution in [3.8, 4) is 17.2 Å². The normalized spacial score (nSPS) is 20.6. The maximum absolute atomic E-state index is 6.50. The summed E-state index contributed by atoms with van der Waals surface area (Å²) in [6, 6.07) is 21.1. The molecule has 0 aliphatic carbocycles. The van der Waals surface area contributed by atoms with E-state index in [1.54, 1.807) is 0 Å². The first-order valence-corrected chi connectivity index (χ1v) is 11.7. The average Bonchev–Trinajstić information content (AvgIpc) is 3.45. The van der Waals surface area contributed by atoms with Gasteiger partial charge in [0.15, 0.2) is 11.5 Å². The number of hydrazone groups is 1. The lowest BCUT2D eigenvalue weighted by molar-refractivity contribution is -0.0190. The third-order valence-electron chi connectivity index (χ3n) is 6.35. The lowest BCUT2D eigenvalue weighted by Gasteiger charge is -2.38. The van der Waals surface area contributed by atoms with Crippen molar-refractivity contribution >= 4 is 21.6 Å². The van der Waals surface area contributed by atoms with E-state index in [9.17, 15) is 0 Å². The van der Waals surface area contributed by atoms with Gasteiger partial charge < -0.3 is 14.2 Å². The van der Waals surface area contributed by atoms with Gasteiger partial charge >= 0.3 is 0 Å². The molecule has 0 saturated carbocycles. The quantitative estimate of drug-likeness (QED) is 0.417. The minimum absolute atomic E-state index is 0.103. The van der Waals surface area contributed by atoms with Gasteiger partial charge in [-0.05, 0) is 47.9 Å². The summed E-state index contributed by atoms with van der Waals surface area (Å²) in [4.78, 5) is 0. The Labute approximate surface area is 195 Å². The highest BCUT2D eigenvalue weighted by molar-refractivity contribution is 9.10. The Morgan fingerprint density at radius 1 is 0.938 bits per heavy atom. The van der Waals surface area contributed by atoms with Crippen LogP contribution in [0.25, 0.3) is 0 Å². The van der Waals surface area contributed by atoms with E-state index < -0.39 is 0 Å². The zero-order chi connectivity index (χ0) is 21.8. The molecule has 0 saturated heterocycles. The van der Waals surface area contributed by atoms with Crippen LogP contribution < -0.4 is 14.2 Å². The van der Waals surface area contributed by atoms with Gasteiger partial charge in [-0.1, -0.05) is 54.0 Å². The Balaban J connectivity index is 1.41. The standard InChI is InChI=1S/C26H23BrN2O3/c1-15(2)16-3-5-17(6-4-16)26-29-22(20-12-19(27)8-10-23(20)32-26)13-21(28-29)18-7-9-24-25(11-18)31-14-30-24/h3-12,15,22,26H,13-14H2,1-2H3/t22-,26+/m0/s1. The molecular formula is C26H23BrN2O3. The monoisotopic (exact) mass is 490 g/mol. The lowest BCUT2D eigenvalue weighted by Crippen LogP contribution is -2.33. The van der Waals surface area contributed by atoms with Crippen LogP contribution in [0.3, 0.4) is 0 Å². The van der Waals surface area contributed by atoms with E-state index in [-0.39, 0.29) is 19.1 Å². The smallest absolute Gasteiger partial charge is 0.231 e.